The van der Waals surface area contributed by atoms with E-state index in [1.54, 1.807) is 19.4 Å². The molecule has 0 fully saturated rings. The van der Waals surface area contributed by atoms with Gasteiger partial charge >= 0.3 is 0 Å². The molecule has 0 aliphatic carbocycles. The first kappa shape index (κ1) is 23.1. The number of ether oxygens (including phenoxy) is 2. The Morgan fingerprint density at radius 1 is 1.19 bits per heavy atom. The van der Waals surface area contributed by atoms with Crippen LogP contribution in [-0.4, -0.2) is 37.8 Å². The van der Waals surface area contributed by atoms with Crippen LogP contribution in [0.3, 0.4) is 0 Å². The van der Waals surface area contributed by atoms with E-state index >= 15 is 0 Å². The fourth-order valence-electron chi connectivity index (χ4n) is 2.24. The molecular weight excluding hydrogens is 462 g/mol. The van der Waals surface area contributed by atoms with Crippen LogP contribution in [0.5, 0.6) is 5.88 Å². The topological polar surface area (TPSA) is 67.8 Å². The molecule has 2 rings (SSSR count). The number of benzene rings is 1. The summed E-state index contributed by atoms with van der Waals surface area (Å²) in [4.78, 5) is 8.75. The number of nitrogens with zero attached hydrogens (tertiary/aromatic N) is 2. The van der Waals surface area contributed by atoms with Crippen LogP contribution in [-0.2, 0) is 17.8 Å². The third-order valence-electron chi connectivity index (χ3n) is 3.48. The van der Waals surface area contributed by atoms with E-state index in [-0.39, 0.29) is 29.8 Å². The number of aliphatic imine (C=N–C) groups is 1. The van der Waals surface area contributed by atoms with Gasteiger partial charge in [0.25, 0.3) is 0 Å². The number of aromatic nitrogens is 1. The molecule has 0 unspecified atom stereocenters. The highest BCUT2D eigenvalue weighted by Gasteiger charge is 2.06. The molecule has 0 aliphatic rings. The first-order valence-electron chi connectivity index (χ1n) is 8.55. The molecule has 0 atom stereocenters. The second-order valence-corrected chi connectivity index (χ2v) is 5.49. The molecule has 0 spiro atoms. The number of halogens is 2. The van der Waals surface area contributed by atoms with Crippen LogP contribution < -0.4 is 15.4 Å². The lowest BCUT2D eigenvalue weighted by Gasteiger charge is -2.14. The molecule has 0 aliphatic heterocycles. The number of nitrogens with one attached hydrogen (secondary N) is 2. The van der Waals surface area contributed by atoms with E-state index in [4.69, 9.17) is 9.47 Å². The zero-order chi connectivity index (χ0) is 18.6. The Kier molecular flexibility index (Phi) is 11.3. The summed E-state index contributed by atoms with van der Waals surface area (Å²) in [6.45, 7) is 4.54. The first-order valence-corrected chi connectivity index (χ1v) is 8.55. The van der Waals surface area contributed by atoms with Crippen LogP contribution in [0.15, 0.2) is 47.6 Å². The molecule has 1 aromatic carbocycles. The van der Waals surface area contributed by atoms with E-state index in [1.165, 1.54) is 12.1 Å². The van der Waals surface area contributed by atoms with Crippen LogP contribution in [0.4, 0.5) is 4.39 Å². The average Bonchev–Trinajstić information content (AvgIpc) is 2.65. The number of rotatable bonds is 9. The fourth-order valence-corrected chi connectivity index (χ4v) is 2.24. The standard InChI is InChI=1S/C19H25FN4O2.HI/c1-3-21-19(23-13-15-6-4-8-17(20)12-15)24-14-16-7-5-9-22-18(16)26-11-10-25-2;/h4-9,12H,3,10-11,13-14H2,1-2H3,(H2,21,23,24);1H. The number of guanidine groups is 1. The summed E-state index contributed by atoms with van der Waals surface area (Å²) < 4.78 is 23.9. The fraction of sp³-hybridized carbons (Fsp3) is 0.368. The SMILES string of the molecule is CCNC(=NCc1cccc(F)c1)NCc1cccnc1OCCOC.I. The summed E-state index contributed by atoms with van der Waals surface area (Å²) in [6, 6.07) is 10.2. The maximum Gasteiger partial charge on any atom is 0.218 e. The van der Waals surface area contributed by atoms with Crippen molar-refractivity contribution in [2.24, 2.45) is 4.99 Å². The molecule has 0 saturated carbocycles. The minimum Gasteiger partial charge on any atom is -0.475 e. The molecule has 0 bridgehead atoms. The van der Waals surface area contributed by atoms with Crippen LogP contribution in [0.2, 0.25) is 0 Å². The minimum atomic E-state index is -0.260. The van der Waals surface area contributed by atoms with Gasteiger partial charge in [0.15, 0.2) is 5.96 Å². The number of hydrogen-bond donors (Lipinski definition) is 2. The van der Waals surface area contributed by atoms with E-state index in [2.05, 4.69) is 20.6 Å². The predicted molar refractivity (Wildman–Crippen MR) is 115 cm³/mol. The maximum absolute atomic E-state index is 13.3. The van der Waals surface area contributed by atoms with E-state index in [1.807, 2.05) is 25.1 Å². The number of methoxy groups -OCH3 is 1. The summed E-state index contributed by atoms with van der Waals surface area (Å²) in [5.74, 6) is 0.949. The Bertz CT molecular complexity index is 716. The summed E-state index contributed by atoms with van der Waals surface area (Å²) >= 11 is 0. The third-order valence-corrected chi connectivity index (χ3v) is 3.48. The molecule has 0 amide bonds. The molecule has 0 radical (unpaired) electrons. The molecule has 1 heterocycles. The Morgan fingerprint density at radius 2 is 2.04 bits per heavy atom. The van der Waals surface area contributed by atoms with Gasteiger partial charge in [-0.2, -0.15) is 0 Å². The largest absolute Gasteiger partial charge is 0.475 e. The number of hydrogen-bond acceptors (Lipinski definition) is 4. The van der Waals surface area contributed by atoms with Crippen LogP contribution in [0.1, 0.15) is 18.1 Å². The lowest BCUT2D eigenvalue weighted by molar-refractivity contribution is 0.143. The van der Waals surface area contributed by atoms with E-state index < -0.39 is 0 Å². The van der Waals surface area contributed by atoms with E-state index in [0.717, 1.165) is 17.7 Å². The Balaban J connectivity index is 0.00000364. The van der Waals surface area contributed by atoms with Crippen molar-refractivity contribution in [3.05, 3.63) is 59.5 Å². The molecule has 2 aromatic rings. The van der Waals surface area contributed by atoms with Gasteiger partial charge < -0.3 is 20.1 Å². The molecule has 0 saturated heterocycles. The molecule has 27 heavy (non-hydrogen) atoms. The van der Waals surface area contributed by atoms with Gasteiger partial charge in [0, 0.05) is 32.0 Å². The zero-order valence-corrected chi connectivity index (χ0v) is 17.9. The van der Waals surface area contributed by atoms with Crippen molar-refractivity contribution in [3.8, 4) is 5.88 Å². The highest BCUT2D eigenvalue weighted by molar-refractivity contribution is 14.0. The van der Waals surface area contributed by atoms with Gasteiger partial charge in [-0.25, -0.2) is 14.4 Å². The van der Waals surface area contributed by atoms with Crippen molar-refractivity contribution in [3.63, 3.8) is 0 Å². The summed E-state index contributed by atoms with van der Waals surface area (Å²) in [5, 5.41) is 6.42. The third kappa shape index (κ3) is 8.53. The Hall–Kier alpha value is -1.94. The van der Waals surface area contributed by atoms with Crippen molar-refractivity contribution >= 4 is 29.9 Å². The monoisotopic (exact) mass is 488 g/mol. The smallest absolute Gasteiger partial charge is 0.218 e. The second-order valence-electron chi connectivity index (χ2n) is 5.49. The predicted octanol–water partition coefficient (Wildman–Crippen LogP) is 3.12. The van der Waals surface area contributed by atoms with Crippen molar-refractivity contribution in [1.82, 2.24) is 15.6 Å². The van der Waals surface area contributed by atoms with E-state index in [9.17, 15) is 4.39 Å². The molecular formula is C19H26FIN4O2. The van der Waals surface area contributed by atoms with Gasteiger partial charge in [-0.05, 0) is 30.7 Å². The van der Waals surface area contributed by atoms with Crippen molar-refractivity contribution in [2.45, 2.75) is 20.0 Å². The summed E-state index contributed by atoms with van der Waals surface area (Å²) in [6.07, 6.45) is 1.69. The van der Waals surface area contributed by atoms with Crippen LogP contribution >= 0.6 is 24.0 Å². The lowest BCUT2D eigenvalue weighted by Crippen LogP contribution is -2.36. The normalized spacial score (nSPS) is 10.9. The van der Waals surface area contributed by atoms with Gasteiger partial charge in [-0.15, -0.1) is 24.0 Å². The maximum atomic E-state index is 13.3. The first-order chi connectivity index (χ1) is 12.7. The molecule has 8 heteroatoms. The quantitative estimate of drug-likeness (QED) is 0.246. The van der Waals surface area contributed by atoms with E-state index in [0.29, 0.717) is 38.1 Å². The Labute approximate surface area is 176 Å². The average molecular weight is 488 g/mol. The molecule has 2 N–H and O–H groups in total. The van der Waals surface area contributed by atoms with Crippen molar-refractivity contribution in [2.75, 3.05) is 26.9 Å². The van der Waals surface area contributed by atoms with Crippen molar-refractivity contribution < 1.29 is 13.9 Å². The Morgan fingerprint density at radius 3 is 2.78 bits per heavy atom. The summed E-state index contributed by atoms with van der Waals surface area (Å²) in [5.41, 5.74) is 1.73. The molecule has 1 aromatic heterocycles. The lowest BCUT2D eigenvalue weighted by atomic mass is 10.2. The van der Waals surface area contributed by atoms with Gasteiger partial charge in [0.05, 0.1) is 13.2 Å². The molecule has 148 valence electrons. The van der Waals surface area contributed by atoms with Gasteiger partial charge in [0.1, 0.15) is 12.4 Å². The summed E-state index contributed by atoms with van der Waals surface area (Å²) in [7, 11) is 1.63. The van der Waals surface area contributed by atoms with Crippen LogP contribution in [0, 0.1) is 5.82 Å². The molecule has 6 nitrogen and oxygen atoms in total. The highest BCUT2D eigenvalue weighted by Crippen LogP contribution is 2.13. The highest BCUT2D eigenvalue weighted by atomic mass is 127. The van der Waals surface area contributed by atoms with Crippen LogP contribution in [0.25, 0.3) is 0 Å². The van der Waals surface area contributed by atoms with Crippen molar-refractivity contribution in [1.29, 1.82) is 0 Å². The van der Waals surface area contributed by atoms with Gasteiger partial charge in [0.2, 0.25) is 5.88 Å². The number of pyridine rings is 1. The second kappa shape index (κ2) is 13.3. The minimum absolute atomic E-state index is 0. The van der Waals surface area contributed by atoms with Gasteiger partial charge in [-0.3, -0.25) is 0 Å². The van der Waals surface area contributed by atoms with Gasteiger partial charge in [-0.1, -0.05) is 18.2 Å². The zero-order valence-electron chi connectivity index (χ0n) is 15.6.